The Morgan fingerprint density at radius 2 is 1.88 bits per heavy atom. The van der Waals surface area contributed by atoms with Crippen LogP contribution >= 0.6 is 0 Å². The smallest absolute Gasteiger partial charge is 0.416 e. The molecule has 2 aromatic carbocycles. The third-order valence-corrected chi connectivity index (χ3v) is 7.26. The maximum atomic E-state index is 13.0. The minimum Gasteiger partial charge on any atom is -0.598 e. The van der Waals surface area contributed by atoms with Gasteiger partial charge in [0, 0.05) is 40.6 Å². The van der Waals surface area contributed by atoms with Gasteiger partial charge in [0.2, 0.25) is 0 Å². The summed E-state index contributed by atoms with van der Waals surface area (Å²) in [6.07, 6.45) is -0.323. The molecule has 1 aliphatic heterocycles. The average molecular weight is 483 g/mol. The molecule has 0 saturated carbocycles. The van der Waals surface area contributed by atoms with Crippen molar-refractivity contribution >= 4 is 33.8 Å². The van der Waals surface area contributed by atoms with Crippen LogP contribution in [0.15, 0.2) is 73.1 Å². The van der Waals surface area contributed by atoms with Gasteiger partial charge in [-0.25, -0.2) is 4.98 Å². The quantitative estimate of drug-likeness (QED) is 0.375. The number of para-hydroxylation sites is 1. The molecule has 4 aromatic rings. The van der Waals surface area contributed by atoms with Crippen molar-refractivity contribution in [1.29, 1.82) is 0 Å². The topological polar surface area (TPSA) is 64.1 Å². The van der Waals surface area contributed by atoms with Gasteiger partial charge >= 0.3 is 6.18 Å². The van der Waals surface area contributed by atoms with Crippen molar-refractivity contribution in [2.24, 2.45) is 0 Å². The molecule has 3 heterocycles. The number of benzene rings is 2. The van der Waals surface area contributed by atoms with Gasteiger partial charge in [-0.3, -0.25) is 4.98 Å². The van der Waals surface area contributed by atoms with Crippen molar-refractivity contribution in [2.45, 2.75) is 24.9 Å². The lowest BCUT2D eigenvalue weighted by atomic mass is 10.0. The first-order chi connectivity index (χ1) is 16.4. The number of pyridine rings is 2. The maximum absolute atomic E-state index is 13.0. The van der Waals surface area contributed by atoms with Gasteiger partial charge in [-0.15, -0.1) is 4.31 Å². The number of anilines is 2. The van der Waals surface area contributed by atoms with Crippen LogP contribution in [0.2, 0.25) is 0 Å². The van der Waals surface area contributed by atoms with Gasteiger partial charge in [0.25, 0.3) is 0 Å². The van der Waals surface area contributed by atoms with Crippen LogP contribution < -0.4 is 5.32 Å². The summed E-state index contributed by atoms with van der Waals surface area (Å²) in [7, 11) is 0. The SMILES string of the molecule is [O-][S+](Cc1cccc(C(F)(F)F)c1)N1CCc2c(ccnc2Nc2cnc3ccccc3c2)C1. The Kier molecular flexibility index (Phi) is 6.16. The summed E-state index contributed by atoms with van der Waals surface area (Å²) in [5.74, 6) is 0.774. The first-order valence-corrected chi connectivity index (χ1v) is 12.0. The highest BCUT2D eigenvalue weighted by Crippen LogP contribution is 2.32. The van der Waals surface area contributed by atoms with Crippen molar-refractivity contribution in [3.8, 4) is 0 Å². The molecular formula is C25H21F3N4OS. The lowest BCUT2D eigenvalue weighted by Gasteiger charge is -2.30. The highest BCUT2D eigenvalue weighted by atomic mass is 32.2. The maximum Gasteiger partial charge on any atom is 0.416 e. The molecule has 0 amide bonds. The Labute approximate surface area is 198 Å². The molecule has 1 aliphatic rings. The molecule has 1 unspecified atom stereocenters. The minimum atomic E-state index is -4.42. The summed E-state index contributed by atoms with van der Waals surface area (Å²) in [4.78, 5) is 8.97. The number of aromatic nitrogens is 2. The van der Waals surface area contributed by atoms with Gasteiger partial charge in [0.15, 0.2) is 5.75 Å². The molecule has 174 valence electrons. The Bertz CT molecular complexity index is 1330. The van der Waals surface area contributed by atoms with Gasteiger partial charge in [-0.2, -0.15) is 13.2 Å². The molecule has 1 N–H and O–H groups in total. The number of hydrogen-bond donors (Lipinski definition) is 1. The first-order valence-electron chi connectivity index (χ1n) is 10.7. The standard InChI is InChI=1S/C25H21F3N4OS/c26-25(27,28)20-6-3-4-17(12-20)16-34(33)32-11-9-22-19(15-32)8-10-29-24(22)31-21-13-18-5-1-2-7-23(18)30-14-21/h1-8,10,12-14H,9,11,15-16H2,(H,29,31). The first kappa shape index (κ1) is 22.6. The second-order valence-electron chi connectivity index (χ2n) is 8.12. The molecule has 5 nitrogen and oxygen atoms in total. The second-order valence-corrected chi connectivity index (χ2v) is 9.56. The molecule has 5 rings (SSSR count). The van der Waals surface area contributed by atoms with Gasteiger partial charge in [-0.1, -0.05) is 30.3 Å². The van der Waals surface area contributed by atoms with Crippen molar-refractivity contribution in [2.75, 3.05) is 11.9 Å². The summed E-state index contributed by atoms with van der Waals surface area (Å²) < 4.78 is 53.7. The number of halogens is 3. The van der Waals surface area contributed by atoms with Gasteiger partial charge in [-0.05, 0) is 42.3 Å². The molecule has 0 aliphatic carbocycles. The molecule has 34 heavy (non-hydrogen) atoms. The van der Waals surface area contributed by atoms with Crippen LogP contribution in [-0.2, 0) is 36.3 Å². The monoisotopic (exact) mass is 482 g/mol. The van der Waals surface area contributed by atoms with E-state index in [1.807, 2.05) is 36.4 Å². The van der Waals surface area contributed by atoms with Gasteiger partial charge in [0.05, 0.1) is 29.5 Å². The van der Waals surface area contributed by atoms with Crippen molar-refractivity contribution in [3.05, 3.63) is 95.3 Å². The minimum absolute atomic E-state index is 0.0399. The lowest BCUT2D eigenvalue weighted by Crippen LogP contribution is -2.37. The zero-order valence-corrected chi connectivity index (χ0v) is 18.9. The molecular weight excluding hydrogens is 461 g/mol. The van der Waals surface area contributed by atoms with E-state index in [1.54, 1.807) is 22.8 Å². The highest BCUT2D eigenvalue weighted by molar-refractivity contribution is 7.88. The number of alkyl halides is 3. The predicted octanol–water partition coefficient (Wildman–Crippen LogP) is 5.61. The third-order valence-electron chi connectivity index (χ3n) is 5.80. The van der Waals surface area contributed by atoms with E-state index >= 15 is 0 Å². The predicted molar refractivity (Wildman–Crippen MR) is 127 cm³/mol. The van der Waals surface area contributed by atoms with E-state index in [0.717, 1.165) is 45.7 Å². The lowest BCUT2D eigenvalue weighted by molar-refractivity contribution is -0.137. The number of rotatable bonds is 5. The zero-order valence-electron chi connectivity index (χ0n) is 18.0. The number of nitrogens with zero attached hydrogens (tertiary/aromatic N) is 3. The van der Waals surface area contributed by atoms with E-state index in [1.165, 1.54) is 6.07 Å². The van der Waals surface area contributed by atoms with Crippen LogP contribution in [-0.4, -0.2) is 25.4 Å². The van der Waals surface area contributed by atoms with Crippen LogP contribution in [0.5, 0.6) is 0 Å². The summed E-state index contributed by atoms with van der Waals surface area (Å²) in [6.45, 7) is 0.961. The largest absolute Gasteiger partial charge is 0.598 e. The highest BCUT2D eigenvalue weighted by Gasteiger charge is 2.32. The Morgan fingerprint density at radius 1 is 1.03 bits per heavy atom. The second kappa shape index (κ2) is 9.25. The average Bonchev–Trinajstić information content (AvgIpc) is 2.83. The molecule has 1 atom stereocenters. The van der Waals surface area contributed by atoms with E-state index in [0.29, 0.717) is 25.1 Å². The van der Waals surface area contributed by atoms with E-state index in [9.17, 15) is 17.7 Å². The Morgan fingerprint density at radius 3 is 2.74 bits per heavy atom. The van der Waals surface area contributed by atoms with Gasteiger partial charge < -0.3 is 9.87 Å². The van der Waals surface area contributed by atoms with Crippen LogP contribution in [0.1, 0.15) is 22.3 Å². The van der Waals surface area contributed by atoms with E-state index in [4.69, 9.17) is 0 Å². The molecule has 0 spiro atoms. The van der Waals surface area contributed by atoms with E-state index in [-0.39, 0.29) is 5.75 Å². The van der Waals surface area contributed by atoms with Crippen molar-refractivity contribution in [1.82, 2.24) is 14.3 Å². The molecule has 0 fully saturated rings. The third kappa shape index (κ3) is 4.86. The molecule has 2 aromatic heterocycles. The normalized spacial score (nSPS) is 15.2. The summed E-state index contributed by atoms with van der Waals surface area (Å²) in [6, 6.07) is 16.8. The Hall–Kier alpha value is -3.14. The van der Waals surface area contributed by atoms with Crippen LogP contribution in [0.25, 0.3) is 10.9 Å². The van der Waals surface area contributed by atoms with E-state index < -0.39 is 23.1 Å². The Balaban J connectivity index is 1.30. The summed E-state index contributed by atoms with van der Waals surface area (Å²) in [5.41, 5.74) is 3.46. The molecule has 9 heteroatoms. The number of fused-ring (bicyclic) bond motifs is 2. The van der Waals surface area contributed by atoms with Crippen LogP contribution in [0.3, 0.4) is 0 Å². The fourth-order valence-electron chi connectivity index (χ4n) is 4.09. The van der Waals surface area contributed by atoms with Crippen LogP contribution in [0, 0.1) is 0 Å². The van der Waals surface area contributed by atoms with Gasteiger partial charge in [0.1, 0.15) is 5.82 Å². The fourth-order valence-corrected chi connectivity index (χ4v) is 5.32. The zero-order chi connectivity index (χ0) is 23.7. The summed E-state index contributed by atoms with van der Waals surface area (Å²) >= 11 is -1.44. The molecule has 0 saturated heterocycles. The number of hydrogen-bond acceptors (Lipinski definition) is 5. The van der Waals surface area contributed by atoms with Crippen molar-refractivity contribution in [3.63, 3.8) is 0 Å². The van der Waals surface area contributed by atoms with Crippen molar-refractivity contribution < 1.29 is 17.7 Å². The molecule has 0 bridgehead atoms. The fraction of sp³-hybridized carbons (Fsp3) is 0.200. The number of nitrogens with one attached hydrogen (secondary N) is 1. The summed E-state index contributed by atoms with van der Waals surface area (Å²) in [5, 5.41) is 4.38. The van der Waals surface area contributed by atoms with E-state index in [2.05, 4.69) is 15.3 Å². The molecule has 0 radical (unpaired) electrons. The van der Waals surface area contributed by atoms with Crippen LogP contribution in [0.4, 0.5) is 24.7 Å².